The first-order valence-electron chi connectivity index (χ1n) is 27.2. The van der Waals surface area contributed by atoms with Crippen LogP contribution in [0, 0.1) is 18.2 Å². The maximum atomic E-state index is 5.30. The van der Waals surface area contributed by atoms with Crippen molar-refractivity contribution in [3.63, 3.8) is 0 Å². The van der Waals surface area contributed by atoms with Crippen LogP contribution >= 0.6 is 11.3 Å². The second kappa shape index (κ2) is 22.1. The average molecular weight is 1230 g/mol. The molecule has 0 aliphatic heterocycles. The van der Waals surface area contributed by atoms with Crippen LogP contribution in [0.5, 0.6) is 0 Å². The Morgan fingerprint density at radius 2 is 0.840 bits per heavy atom. The predicted molar refractivity (Wildman–Crippen MR) is 335 cm³/mol. The minimum absolute atomic E-state index is 0. The van der Waals surface area contributed by atoms with E-state index in [-0.39, 0.29) is 20.1 Å². The molecule has 0 aliphatic rings. The Kier molecular flexibility index (Phi) is 14.0. The van der Waals surface area contributed by atoms with Crippen LogP contribution < -0.4 is 0 Å². The van der Waals surface area contributed by atoms with Gasteiger partial charge in [0, 0.05) is 38.0 Å². The molecule has 0 N–H and O–H groups in total. The molecule has 0 fully saturated rings. The van der Waals surface area contributed by atoms with Crippen molar-refractivity contribution < 1.29 is 20.1 Å². The third kappa shape index (κ3) is 9.91. The van der Waals surface area contributed by atoms with E-state index >= 15 is 0 Å². The van der Waals surface area contributed by atoms with Gasteiger partial charge in [0.15, 0.2) is 0 Å². The molecule has 81 heavy (non-hydrogen) atoms. The molecule has 384 valence electrons. The van der Waals surface area contributed by atoms with Crippen molar-refractivity contribution >= 4 is 42.4 Å². The second-order valence-corrected chi connectivity index (χ2v) is 21.7. The molecule has 0 saturated carbocycles. The number of pyridine rings is 3. The van der Waals surface area contributed by atoms with Gasteiger partial charge in [-0.1, -0.05) is 204 Å². The molecular formula is C76H50IrN3S. The van der Waals surface area contributed by atoms with E-state index in [0.29, 0.717) is 5.92 Å². The standard InChI is InChI=1S/C76H50N3S.Ir/c1-49(2)59-23-15-26-74-67(59)40-41-73(79-74)55-37-38-66(70(47-55)54-36-39-69-68-22-9-10-27-75(68)80-76(69)48-54)65-21-8-7-20-64(65)58-45-56(62-18-5-3-16-60(62)50-28-32-52(33-29-50)71-24-11-13-42-77-71)44-57(46-58)63-19-6-4-17-61(63)51-30-34-53(35-31-51)72-25-12-14-43-78-72;/h3-32,34,36,38-49H,1-2H3;/q-3;+3. The zero-order valence-corrected chi connectivity index (χ0v) is 47.7. The van der Waals surface area contributed by atoms with Crippen molar-refractivity contribution in [2.75, 3.05) is 0 Å². The molecule has 0 aliphatic carbocycles. The van der Waals surface area contributed by atoms with Crippen LogP contribution in [0.1, 0.15) is 25.3 Å². The zero-order chi connectivity index (χ0) is 53.5. The fraction of sp³-hybridized carbons (Fsp3) is 0.0395. The molecule has 0 spiro atoms. The number of aromatic nitrogens is 3. The summed E-state index contributed by atoms with van der Waals surface area (Å²) < 4.78 is 2.54. The molecular weight excluding hydrogens is 1180 g/mol. The van der Waals surface area contributed by atoms with Crippen LogP contribution in [0.2, 0.25) is 0 Å². The third-order valence-corrected chi connectivity index (χ3v) is 16.5. The molecule has 14 rings (SSSR count). The fourth-order valence-electron chi connectivity index (χ4n) is 11.4. The Labute approximate surface area is 490 Å². The molecule has 4 heterocycles. The molecule has 4 aromatic heterocycles. The largest absolute Gasteiger partial charge is 3.00 e. The topological polar surface area (TPSA) is 38.7 Å². The number of hydrogen-bond donors (Lipinski definition) is 0. The maximum absolute atomic E-state index is 5.30. The summed E-state index contributed by atoms with van der Waals surface area (Å²) in [7, 11) is 0. The van der Waals surface area contributed by atoms with Crippen molar-refractivity contribution in [2.45, 2.75) is 19.8 Å². The fourth-order valence-corrected chi connectivity index (χ4v) is 12.6. The Balaban J connectivity index is 0.00000618. The van der Waals surface area contributed by atoms with Gasteiger partial charge in [-0.3, -0.25) is 4.98 Å². The van der Waals surface area contributed by atoms with E-state index in [4.69, 9.17) is 4.98 Å². The molecule has 0 amide bonds. The number of fused-ring (bicyclic) bond motifs is 4. The van der Waals surface area contributed by atoms with E-state index < -0.39 is 0 Å². The van der Waals surface area contributed by atoms with Crippen LogP contribution in [-0.4, -0.2) is 15.0 Å². The first-order chi connectivity index (χ1) is 39.5. The minimum atomic E-state index is 0. The van der Waals surface area contributed by atoms with Crippen LogP contribution in [0.4, 0.5) is 0 Å². The maximum Gasteiger partial charge on any atom is 3.00 e. The molecule has 10 aromatic carbocycles. The summed E-state index contributed by atoms with van der Waals surface area (Å²) >= 11 is 1.85. The second-order valence-electron chi connectivity index (χ2n) is 20.6. The van der Waals surface area contributed by atoms with Crippen LogP contribution in [0.25, 0.3) is 143 Å². The van der Waals surface area contributed by atoms with Gasteiger partial charge in [-0.15, -0.1) is 94.8 Å². The number of hydrogen-bond acceptors (Lipinski definition) is 4. The summed E-state index contributed by atoms with van der Waals surface area (Å²) in [5.41, 5.74) is 23.3. The van der Waals surface area contributed by atoms with Gasteiger partial charge >= 0.3 is 20.1 Å². The van der Waals surface area contributed by atoms with Crippen molar-refractivity contribution in [3.05, 3.63) is 285 Å². The van der Waals surface area contributed by atoms with Gasteiger partial charge in [-0.05, 0) is 116 Å². The van der Waals surface area contributed by atoms with E-state index in [1.807, 2.05) is 60.1 Å². The van der Waals surface area contributed by atoms with E-state index in [1.165, 1.54) is 31.1 Å². The van der Waals surface area contributed by atoms with Crippen molar-refractivity contribution in [2.24, 2.45) is 0 Å². The van der Waals surface area contributed by atoms with Crippen molar-refractivity contribution in [3.8, 4) is 112 Å². The molecule has 0 unspecified atom stereocenters. The van der Waals surface area contributed by atoms with Gasteiger partial charge in [0.1, 0.15) is 0 Å². The summed E-state index contributed by atoms with van der Waals surface area (Å²) in [5, 5.41) is 3.74. The molecule has 14 aromatic rings. The van der Waals surface area contributed by atoms with E-state index in [2.05, 4.69) is 254 Å². The number of rotatable bonds is 11. The Hall–Kier alpha value is -9.22. The van der Waals surface area contributed by atoms with E-state index in [0.717, 1.165) is 117 Å². The summed E-state index contributed by atoms with van der Waals surface area (Å²) in [4.78, 5) is 14.5. The van der Waals surface area contributed by atoms with Crippen LogP contribution in [0.15, 0.2) is 261 Å². The zero-order valence-electron chi connectivity index (χ0n) is 44.5. The summed E-state index contributed by atoms with van der Waals surface area (Å²) in [5.74, 6) is 0.386. The first kappa shape index (κ1) is 51.2. The predicted octanol–water partition coefficient (Wildman–Crippen LogP) is 20.6. The number of nitrogens with zero attached hydrogens (tertiary/aromatic N) is 3. The summed E-state index contributed by atoms with van der Waals surface area (Å²) in [6.45, 7) is 4.49. The van der Waals surface area contributed by atoms with Gasteiger partial charge in [-0.2, -0.15) is 0 Å². The molecule has 5 heteroatoms. The molecule has 0 bridgehead atoms. The third-order valence-electron chi connectivity index (χ3n) is 15.4. The Bertz CT molecular complexity index is 4460. The monoisotopic (exact) mass is 1230 g/mol. The van der Waals surface area contributed by atoms with Gasteiger partial charge in [0.25, 0.3) is 0 Å². The first-order valence-corrected chi connectivity index (χ1v) is 28.0. The SMILES string of the molecule is CC(C)c1cccc2nc(-c3[c-]cc(-c4ccccc4-c4cc(-c5ccccc5-c5c[c-]c(-c6ccccn6)cc5)cc(-c5ccccc5-c5c[c-]c(-c6ccccn6)cc5)c4)c(-c4ccc5c(c4)sc4ccccc45)c3)ccc12.[Ir+3]. The van der Waals surface area contributed by atoms with Gasteiger partial charge in [0.05, 0.1) is 5.52 Å². The van der Waals surface area contributed by atoms with E-state index in [9.17, 15) is 0 Å². The Morgan fingerprint density at radius 3 is 1.41 bits per heavy atom. The molecule has 3 nitrogen and oxygen atoms in total. The number of benzene rings is 10. The van der Waals surface area contributed by atoms with Gasteiger partial charge in [-0.25, -0.2) is 0 Å². The summed E-state index contributed by atoms with van der Waals surface area (Å²) in [6, 6.07) is 100. The summed E-state index contributed by atoms with van der Waals surface area (Å²) in [6.07, 6.45) is 3.65. The van der Waals surface area contributed by atoms with Gasteiger partial charge < -0.3 is 9.97 Å². The van der Waals surface area contributed by atoms with Crippen molar-refractivity contribution in [1.29, 1.82) is 0 Å². The quantitative estimate of drug-likeness (QED) is 0.121. The van der Waals surface area contributed by atoms with Crippen LogP contribution in [-0.2, 0) is 20.1 Å². The molecule has 0 atom stereocenters. The minimum Gasteiger partial charge on any atom is -0.305 e. The Morgan fingerprint density at radius 1 is 0.333 bits per heavy atom. The smallest absolute Gasteiger partial charge is 0.305 e. The average Bonchev–Trinajstić information content (AvgIpc) is 3.93. The normalized spacial score (nSPS) is 11.3. The van der Waals surface area contributed by atoms with Gasteiger partial charge in [0.2, 0.25) is 0 Å². The molecule has 0 radical (unpaired) electrons. The molecule has 0 saturated heterocycles. The van der Waals surface area contributed by atoms with E-state index in [1.54, 1.807) is 0 Å². The number of thiophene rings is 1. The van der Waals surface area contributed by atoms with Crippen molar-refractivity contribution in [1.82, 2.24) is 15.0 Å². The van der Waals surface area contributed by atoms with Crippen LogP contribution in [0.3, 0.4) is 0 Å².